The average Bonchev–Trinajstić information content (AvgIpc) is 3.16. The molecule has 2 heterocycles. The Bertz CT molecular complexity index is 892. The van der Waals surface area contributed by atoms with Crippen molar-refractivity contribution in [2.75, 3.05) is 11.9 Å². The molecule has 3 aromatic rings. The lowest BCUT2D eigenvalue weighted by Gasteiger charge is -2.07. The van der Waals surface area contributed by atoms with Crippen LogP contribution in [0.4, 0.5) is 5.82 Å². The van der Waals surface area contributed by atoms with Gasteiger partial charge >= 0.3 is 0 Å². The average molecular weight is 351 g/mol. The van der Waals surface area contributed by atoms with E-state index in [1.807, 2.05) is 19.1 Å². The van der Waals surface area contributed by atoms with E-state index in [0.29, 0.717) is 11.4 Å². The van der Waals surface area contributed by atoms with E-state index >= 15 is 0 Å². The van der Waals surface area contributed by atoms with Crippen LogP contribution in [0.2, 0.25) is 0 Å². The van der Waals surface area contributed by atoms with Gasteiger partial charge in [0, 0.05) is 24.2 Å². The summed E-state index contributed by atoms with van der Waals surface area (Å²) in [4.78, 5) is 28.2. The number of carbonyl (C=O) groups excluding carboxylic acids is 2. The Morgan fingerprint density at radius 3 is 2.62 bits per heavy atom. The molecule has 9 heteroatoms. The van der Waals surface area contributed by atoms with Crippen molar-refractivity contribution in [3.05, 3.63) is 60.0 Å². The molecule has 0 atom stereocenters. The van der Waals surface area contributed by atoms with E-state index in [1.165, 1.54) is 11.0 Å². The summed E-state index contributed by atoms with van der Waals surface area (Å²) in [7, 11) is 0. The smallest absolute Gasteiger partial charge is 0.251 e. The Hall–Kier alpha value is -3.62. The first-order valence-corrected chi connectivity index (χ1v) is 7.97. The fraction of sp³-hybridized carbons (Fsp3) is 0.176. The number of carbonyl (C=O) groups is 2. The molecule has 0 unspecified atom stereocenters. The molecule has 1 aromatic carbocycles. The van der Waals surface area contributed by atoms with Gasteiger partial charge in [0.05, 0.1) is 5.69 Å². The molecule has 3 rings (SSSR count). The number of hydrogen-bond donors (Lipinski definition) is 2. The second-order valence-electron chi connectivity index (χ2n) is 5.52. The van der Waals surface area contributed by atoms with Gasteiger partial charge in [-0.3, -0.25) is 9.59 Å². The zero-order valence-corrected chi connectivity index (χ0v) is 14.1. The maximum absolute atomic E-state index is 12.1. The molecule has 0 spiro atoms. The minimum Gasteiger partial charge on any atom is -0.352 e. The highest BCUT2D eigenvalue weighted by Gasteiger charge is 2.08. The van der Waals surface area contributed by atoms with E-state index in [0.717, 1.165) is 11.4 Å². The summed E-state index contributed by atoms with van der Waals surface area (Å²) >= 11 is 0. The Morgan fingerprint density at radius 2 is 1.92 bits per heavy atom. The largest absolute Gasteiger partial charge is 0.352 e. The number of aryl methyl sites for hydroxylation is 1. The van der Waals surface area contributed by atoms with Crippen molar-refractivity contribution < 1.29 is 9.59 Å². The molecule has 132 valence electrons. The minimum absolute atomic E-state index is 0.157. The normalized spacial score (nSPS) is 10.3. The second-order valence-corrected chi connectivity index (χ2v) is 5.52. The van der Waals surface area contributed by atoms with Crippen molar-refractivity contribution in [2.24, 2.45) is 0 Å². The molecule has 0 radical (unpaired) electrons. The molecule has 0 bridgehead atoms. The van der Waals surface area contributed by atoms with Gasteiger partial charge in [0.25, 0.3) is 5.91 Å². The fourth-order valence-corrected chi connectivity index (χ4v) is 2.25. The molecule has 0 aliphatic heterocycles. The number of nitrogens with zero attached hydrogens (tertiary/aromatic N) is 5. The number of hydrogen-bond acceptors (Lipinski definition) is 6. The molecule has 0 saturated heterocycles. The van der Waals surface area contributed by atoms with E-state index in [-0.39, 0.29) is 24.8 Å². The number of nitrogens with one attached hydrogen (secondary N) is 2. The highest BCUT2D eigenvalue weighted by Crippen LogP contribution is 2.08. The summed E-state index contributed by atoms with van der Waals surface area (Å²) in [6.07, 6.45) is 1.63. The van der Waals surface area contributed by atoms with Crippen molar-refractivity contribution in [2.45, 2.75) is 13.3 Å². The maximum Gasteiger partial charge on any atom is 0.251 e. The van der Waals surface area contributed by atoms with Crippen molar-refractivity contribution >= 4 is 17.6 Å². The van der Waals surface area contributed by atoms with E-state index in [2.05, 4.69) is 31.1 Å². The van der Waals surface area contributed by atoms with Crippen molar-refractivity contribution in [3.8, 4) is 5.69 Å². The predicted molar refractivity (Wildman–Crippen MR) is 93.7 cm³/mol. The van der Waals surface area contributed by atoms with Gasteiger partial charge in [0.15, 0.2) is 0 Å². The fourth-order valence-electron chi connectivity index (χ4n) is 2.25. The lowest BCUT2D eigenvalue weighted by Crippen LogP contribution is -2.27. The van der Waals surface area contributed by atoms with Gasteiger partial charge in [0.1, 0.15) is 12.1 Å². The quantitative estimate of drug-likeness (QED) is 0.688. The van der Waals surface area contributed by atoms with Crippen molar-refractivity contribution in [1.29, 1.82) is 0 Å². The standard InChI is InChI=1S/C17H17N7O2/c1-12-3-2-4-15(20-12)21-16(25)9-10-18-17(26)13-5-7-14(8-6-13)24-11-19-22-23-24/h2-8,11H,9-10H2,1H3,(H,18,26)(H,20,21,25). The third kappa shape index (κ3) is 4.47. The van der Waals surface area contributed by atoms with E-state index in [1.54, 1.807) is 30.3 Å². The zero-order valence-electron chi connectivity index (χ0n) is 14.1. The van der Waals surface area contributed by atoms with E-state index in [9.17, 15) is 9.59 Å². The van der Waals surface area contributed by atoms with Crippen LogP contribution >= 0.6 is 0 Å². The first kappa shape index (κ1) is 17.2. The third-order valence-electron chi connectivity index (χ3n) is 3.54. The van der Waals surface area contributed by atoms with Gasteiger partial charge < -0.3 is 10.6 Å². The van der Waals surface area contributed by atoms with Crippen LogP contribution in [0.5, 0.6) is 0 Å². The van der Waals surface area contributed by atoms with Gasteiger partial charge in [-0.1, -0.05) is 6.07 Å². The first-order chi connectivity index (χ1) is 12.6. The first-order valence-electron chi connectivity index (χ1n) is 7.97. The molecule has 26 heavy (non-hydrogen) atoms. The summed E-state index contributed by atoms with van der Waals surface area (Å²) in [6, 6.07) is 12.2. The summed E-state index contributed by atoms with van der Waals surface area (Å²) in [5, 5.41) is 16.3. The summed E-state index contributed by atoms with van der Waals surface area (Å²) < 4.78 is 1.49. The van der Waals surface area contributed by atoms with Crippen LogP contribution in [0.1, 0.15) is 22.5 Å². The van der Waals surface area contributed by atoms with Crippen LogP contribution in [-0.4, -0.2) is 43.6 Å². The number of tetrazole rings is 1. The second kappa shape index (κ2) is 7.97. The number of rotatable bonds is 6. The van der Waals surface area contributed by atoms with Crippen LogP contribution in [0.25, 0.3) is 5.69 Å². The Kier molecular flexibility index (Phi) is 5.28. The number of anilines is 1. The summed E-state index contributed by atoms with van der Waals surface area (Å²) in [5.41, 5.74) is 2.06. The molecule has 9 nitrogen and oxygen atoms in total. The SMILES string of the molecule is Cc1cccc(NC(=O)CCNC(=O)c2ccc(-n3cnnn3)cc2)n1. The van der Waals surface area contributed by atoms with Gasteiger partial charge in [0.2, 0.25) is 5.91 Å². The molecule has 0 saturated carbocycles. The number of amides is 2. The summed E-state index contributed by atoms with van der Waals surface area (Å²) in [5.74, 6) is 0.0340. The molecule has 0 fully saturated rings. The van der Waals surface area contributed by atoms with Crippen LogP contribution in [0.3, 0.4) is 0 Å². The zero-order chi connectivity index (χ0) is 18.4. The molecule has 2 aromatic heterocycles. The number of aromatic nitrogens is 5. The molecular formula is C17H17N7O2. The van der Waals surface area contributed by atoms with E-state index in [4.69, 9.17) is 0 Å². The van der Waals surface area contributed by atoms with Crippen LogP contribution in [0, 0.1) is 6.92 Å². The lowest BCUT2D eigenvalue weighted by atomic mass is 10.2. The highest BCUT2D eigenvalue weighted by atomic mass is 16.2. The molecule has 0 aliphatic rings. The van der Waals surface area contributed by atoms with Crippen molar-refractivity contribution in [3.63, 3.8) is 0 Å². The topological polar surface area (TPSA) is 115 Å². The van der Waals surface area contributed by atoms with Crippen LogP contribution in [-0.2, 0) is 4.79 Å². The third-order valence-corrected chi connectivity index (χ3v) is 3.54. The van der Waals surface area contributed by atoms with E-state index < -0.39 is 0 Å². The van der Waals surface area contributed by atoms with Gasteiger partial charge in [-0.25, -0.2) is 9.67 Å². The Balaban J connectivity index is 1.47. The van der Waals surface area contributed by atoms with Crippen LogP contribution in [0.15, 0.2) is 48.8 Å². The maximum atomic E-state index is 12.1. The predicted octanol–water partition coefficient (Wildman–Crippen LogP) is 1.12. The number of pyridine rings is 1. The monoisotopic (exact) mass is 351 g/mol. The molecule has 0 aliphatic carbocycles. The number of benzene rings is 1. The molecule has 2 amide bonds. The lowest BCUT2D eigenvalue weighted by molar-refractivity contribution is -0.116. The summed E-state index contributed by atoms with van der Waals surface area (Å²) in [6.45, 7) is 2.08. The Morgan fingerprint density at radius 1 is 1.12 bits per heavy atom. The molecule has 2 N–H and O–H groups in total. The Labute approximate surface area is 149 Å². The van der Waals surface area contributed by atoms with Crippen molar-refractivity contribution in [1.82, 2.24) is 30.5 Å². The van der Waals surface area contributed by atoms with Gasteiger partial charge in [-0.05, 0) is 53.7 Å². The van der Waals surface area contributed by atoms with Gasteiger partial charge in [-0.15, -0.1) is 5.10 Å². The van der Waals surface area contributed by atoms with Crippen LogP contribution < -0.4 is 10.6 Å². The highest BCUT2D eigenvalue weighted by molar-refractivity contribution is 5.95. The van der Waals surface area contributed by atoms with Gasteiger partial charge in [-0.2, -0.15) is 0 Å². The molecular weight excluding hydrogens is 334 g/mol. The minimum atomic E-state index is -0.255.